The van der Waals surface area contributed by atoms with Crippen molar-refractivity contribution in [3.05, 3.63) is 30.5 Å². The summed E-state index contributed by atoms with van der Waals surface area (Å²) >= 11 is 6.10. The molecule has 0 unspecified atom stereocenters. The van der Waals surface area contributed by atoms with Gasteiger partial charge in [-0.2, -0.15) is 0 Å². The number of piperidine rings is 1. The molecule has 2 heterocycles. The normalized spacial score (nSPS) is 17.6. The topological polar surface area (TPSA) is 29.0 Å². The molecule has 0 spiro atoms. The van der Waals surface area contributed by atoms with Crippen LogP contribution in [0.4, 0.5) is 5.82 Å². The second-order valence-corrected chi connectivity index (χ2v) is 5.00. The van der Waals surface area contributed by atoms with Gasteiger partial charge in [0.1, 0.15) is 5.82 Å². The molecule has 88 valence electrons. The van der Waals surface area contributed by atoms with E-state index in [0.29, 0.717) is 5.38 Å². The van der Waals surface area contributed by atoms with Gasteiger partial charge in [0.25, 0.3) is 0 Å². The third-order valence-corrected chi connectivity index (χ3v) is 3.62. The molecule has 0 atom stereocenters. The summed E-state index contributed by atoms with van der Waals surface area (Å²) in [7, 11) is 0. The predicted octanol–water partition coefficient (Wildman–Crippen LogP) is 2.84. The lowest BCUT2D eigenvalue weighted by Crippen LogP contribution is -2.34. The smallest absolute Gasteiger partial charge is 0.147 e. The van der Waals surface area contributed by atoms with E-state index in [-0.39, 0.29) is 0 Å². The molecule has 0 aliphatic carbocycles. The molecule has 4 heteroatoms. The number of aromatic nitrogens is 2. The van der Waals surface area contributed by atoms with Crippen molar-refractivity contribution in [2.75, 3.05) is 18.0 Å². The third-order valence-electron chi connectivity index (χ3n) is 3.18. The molecule has 0 radical (unpaired) electrons. The summed E-state index contributed by atoms with van der Waals surface area (Å²) in [6.45, 7) is 1.95. The minimum absolute atomic E-state index is 0.319. The quantitative estimate of drug-likeness (QED) is 0.726. The molecule has 0 N–H and O–H groups in total. The van der Waals surface area contributed by atoms with E-state index in [2.05, 4.69) is 14.9 Å². The number of fused-ring (bicyclic) bond motifs is 1. The van der Waals surface area contributed by atoms with Crippen molar-refractivity contribution in [1.29, 1.82) is 0 Å². The van der Waals surface area contributed by atoms with Crippen LogP contribution in [0.25, 0.3) is 11.0 Å². The molecular weight excluding hydrogens is 234 g/mol. The highest BCUT2D eigenvalue weighted by Gasteiger charge is 2.18. The number of alkyl halides is 1. The van der Waals surface area contributed by atoms with Gasteiger partial charge in [0.05, 0.1) is 17.2 Å². The van der Waals surface area contributed by atoms with Crippen molar-refractivity contribution >= 4 is 28.5 Å². The fourth-order valence-electron chi connectivity index (χ4n) is 2.18. The van der Waals surface area contributed by atoms with E-state index in [1.807, 2.05) is 30.5 Å². The predicted molar refractivity (Wildman–Crippen MR) is 70.6 cm³/mol. The van der Waals surface area contributed by atoms with Crippen LogP contribution in [0, 0.1) is 0 Å². The number of rotatable bonds is 1. The summed E-state index contributed by atoms with van der Waals surface area (Å²) < 4.78 is 0. The van der Waals surface area contributed by atoms with Gasteiger partial charge in [-0.1, -0.05) is 12.1 Å². The zero-order valence-corrected chi connectivity index (χ0v) is 10.3. The van der Waals surface area contributed by atoms with Crippen LogP contribution in [0.2, 0.25) is 0 Å². The van der Waals surface area contributed by atoms with E-state index in [4.69, 9.17) is 11.6 Å². The summed E-state index contributed by atoms with van der Waals surface area (Å²) in [6.07, 6.45) is 3.91. The summed E-state index contributed by atoms with van der Waals surface area (Å²) in [6, 6.07) is 7.96. The Bertz CT molecular complexity index is 521. The number of anilines is 1. The first-order valence-electron chi connectivity index (χ1n) is 5.94. The molecule has 2 aromatic rings. The highest BCUT2D eigenvalue weighted by Crippen LogP contribution is 2.21. The van der Waals surface area contributed by atoms with Crippen molar-refractivity contribution in [1.82, 2.24) is 9.97 Å². The van der Waals surface area contributed by atoms with E-state index in [1.54, 1.807) is 0 Å². The van der Waals surface area contributed by atoms with Crippen LogP contribution >= 0.6 is 11.6 Å². The molecule has 3 rings (SSSR count). The van der Waals surface area contributed by atoms with Gasteiger partial charge in [-0.3, -0.25) is 4.98 Å². The zero-order valence-electron chi connectivity index (χ0n) is 9.51. The third kappa shape index (κ3) is 2.20. The first-order chi connectivity index (χ1) is 8.33. The van der Waals surface area contributed by atoms with Crippen LogP contribution in [-0.4, -0.2) is 28.4 Å². The molecule has 1 aromatic heterocycles. The van der Waals surface area contributed by atoms with E-state index < -0.39 is 0 Å². The minimum Gasteiger partial charge on any atom is -0.355 e. The fourth-order valence-corrected chi connectivity index (χ4v) is 2.37. The second kappa shape index (κ2) is 4.49. The Kier molecular flexibility index (Phi) is 2.85. The van der Waals surface area contributed by atoms with Crippen molar-refractivity contribution < 1.29 is 0 Å². The largest absolute Gasteiger partial charge is 0.355 e. The van der Waals surface area contributed by atoms with E-state index in [0.717, 1.165) is 42.8 Å². The summed E-state index contributed by atoms with van der Waals surface area (Å²) in [5.41, 5.74) is 1.90. The van der Waals surface area contributed by atoms with E-state index in [9.17, 15) is 0 Å². The number of nitrogens with zero attached hydrogens (tertiary/aromatic N) is 3. The first kappa shape index (κ1) is 10.8. The molecule has 1 saturated heterocycles. The highest BCUT2D eigenvalue weighted by atomic mass is 35.5. The maximum absolute atomic E-state index is 6.10. The average Bonchev–Trinajstić information content (AvgIpc) is 2.39. The van der Waals surface area contributed by atoms with Gasteiger partial charge in [0, 0.05) is 18.5 Å². The minimum atomic E-state index is 0.319. The maximum Gasteiger partial charge on any atom is 0.147 e. The lowest BCUT2D eigenvalue weighted by atomic mass is 10.1. The Morgan fingerprint density at radius 1 is 1.12 bits per heavy atom. The lowest BCUT2D eigenvalue weighted by molar-refractivity contribution is 0.580. The highest BCUT2D eigenvalue weighted by molar-refractivity contribution is 6.20. The number of hydrogen-bond acceptors (Lipinski definition) is 3. The van der Waals surface area contributed by atoms with Crippen LogP contribution in [0.5, 0.6) is 0 Å². The van der Waals surface area contributed by atoms with Gasteiger partial charge < -0.3 is 4.90 Å². The molecular formula is C13H14ClN3. The number of para-hydroxylation sites is 2. The number of halogens is 1. The molecule has 3 nitrogen and oxygen atoms in total. The molecule has 1 aliphatic rings. The van der Waals surface area contributed by atoms with Gasteiger partial charge in [-0.25, -0.2) is 4.98 Å². The SMILES string of the molecule is ClC1CCN(c2cnc3ccccc3n2)CC1. The zero-order chi connectivity index (χ0) is 11.7. The Balaban J connectivity index is 1.90. The van der Waals surface area contributed by atoms with Crippen molar-refractivity contribution in [2.45, 2.75) is 18.2 Å². The van der Waals surface area contributed by atoms with Crippen molar-refractivity contribution in [3.8, 4) is 0 Å². The van der Waals surface area contributed by atoms with Gasteiger partial charge in [0.2, 0.25) is 0 Å². The molecule has 0 saturated carbocycles. The van der Waals surface area contributed by atoms with Gasteiger partial charge >= 0.3 is 0 Å². The van der Waals surface area contributed by atoms with Crippen LogP contribution in [0.3, 0.4) is 0 Å². The van der Waals surface area contributed by atoms with Gasteiger partial charge in [0.15, 0.2) is 0 Å². The standard InChI is InChI=1S/C13H14ClN3/c14-10-5-7-17(8-6-10)13-9-15-11-3-1-2-4-12(11)16-13/h1-4,9-10H,5-8H2. The first-order valence-corrected chi connectivity index (χ1v) is 6.37. The van der Waals surface area contributed by atoms with Crippen molar-refractivity contribution in [3.63, 3.8) is 0 Å². The molecule has 1 aliphatic heterocycles. The monoisotopic (exact) mass is 247 g/mol. The lowest BCUT2D eigenvalue weighted by Gasteiger charge is -2.30. The maximum atomic E-state index is 6.10. The van der Waals surface area contributed by atoms with Crippen molar-refractivity contribution in [2.24, 2.45) is 0 Å². The molecule has 0 bridgehead atoms. The summed E-state index contributed by atoms with van der Waals surface area (Å²) in [5, 5.41) is 0.319. The van der Waals surface area contributed by atoms with E-state index in [1.165, 1.54) is 0 Å². The fraction of sp³-hybridized carbons (Fsp3) is 0.385. The van der Waals surface area contributed by atoms with Crippen LogP contribution in [-0.2, 0) is 0 Å². The Labute approximate surface area is 105 Å². The summed E-state index contributed by atoms with van der Waals surface area (Å²) in [4.78, 5) is 11.3. The Hall–Kier alpha value is -1.35. The van der Waals surface area contributed by atoms with E-state index >= 15 is 0 Å². The summed E-state index contributed by atoms with van der Waals surface area (Å²) in [5.74, 6) is 0.965. The number of hydrogen-bond donors (Lipinski definition) is 0. The Morgan fingerprint density at radius 3 is 2.59 bits per heavy atom. The van der Waals surface area contributed by atoms with Crippen LogP contribution < -0.4 is 4.90 Å². The van der Waals surface area contributed by atoms with Gasteiger partial charge in [-0.05, 0) is 25.0 Å². The Morgan fingerprint density at radius 2 is 1.82 bits per heavy atom. The molecule has 17 heavy (non-hydrogen) atoms. The number of benzene rings is 1. The van der Waals surface area contributed by atoms with Gasteiger partial charge in [-0.15, -0.1) is 11.6 Å². The van der Waals surface area contributed by atoms with Crippen LogP contribution in [0.1, 0.15) is 12.8 Å². The van der Waals surface area contributed by atoms with Crippen LogP contribution in [0.15, 0.2) is 30.5 Å². The molecule has 1 aromatic carbocycles. The average molecular weight is 248 g/mol. The second-order valence-electron chi connectivity index (χ2n) is 4.38. The molecule has 1 fully saturated rings. The molecule has 0 amide bonds.